The van der Waals surface area contributed by atoms with Gasteiger partial charge in [0, 0.05) is 18.0 Å². The molecule has 0 aliphatic heterocycles. The van der Waals surface area contributed by atoms with E-state index in [9.17, 15) is 4.79 Å². The molecule has 0 aliphatic rings. The van der Waals surface area contributed by atoms with Crippen LogP contribution in [-0.2, 0) is 16.8 Å². The summed E-state index contributed by atoms with van der Waals surface area (Å²) in [6, 6.07) is 2.07. The average Bonchev–Trinajstić information content (AvgIpc) is 3.09. The van der Waals surface area contributed by atoms with Crippen LogP contribution in [0.5, 0.6) is 0 Å². The minimum atomic E-state index is -0.347. The molecule has 5 heteroatoms. The second-order valence-electron chi connectivity index (χ2n) is 4.70. The Morgan fingerprint density at radius 2 is 2.32 bits per heavy atom. The van der Waals surface area contributed by atoms with Gasteiger partial charge in [-0.2, -0.15) is 11.3 Å². The van der Waals surface area contributed by atoms with E-state index in [2.05, 4.69) is 28.7 Å². The van der Waals surface area contributed by atoms with Gasteiger partial charge in [0.1, 0.15) is 5.01 Å². The summed E-state index contributed by atoms with van der Waals surface area (Å²) in [6.07, 6.45) is 3.95. The lowest BCUT2D eigenvalue weighted by molar-refractivity contribution is -0.123. The van der Waals surface area contributed by atoms with Crippen molar-refractivity contribution in [2.75, 3.05) is 0 Å². The molecule has 0 fully saturated rings. The van der Waals surface area contributed by atoms with Gasteiger partial charge in [-0.15, -0.1) is 11.3 Å². The lowest BCUT2D eigenvalue weighted by atomic mass is 9.99. The minimum absolute atomic E-state index is 0.0887. The minimum Gasteiger partial charge on any atom is -0.344 e. The first-order chi connectivity index (χ1) is 9.14. The van der Waals surface area contributed by atoms with Crippen molar-refractivity contribution in [3.8, 4) is 0 Å². The number of aryl methyl sites for hydroxylation is 1. The summed E-state index contributed by atoms with van der Waals surface area (Å²) in [7, 11) is 0. The van der Waals surface area contributed by atoms with E-state index >= 15 is 0 Å². The van der Waals surface area contributed by atoms with E-state index in [1.807, 2.05) is 17.7 Å². The number of hydrogen-bond acceptors (Lipinski definition) is 4. The number of amides is 1. The van der Waals surface area contributed by atoms with Crippen molar-refractivity contribution in [3.63, 3.8) is 0 Å². The maximum atomic E-state index is 12.1. The van der Waals surface area contributed by atoms with Gasteiger partial charge in [0.2, 0.25) is 5.91 Å². The van der Waals surface area contributed by atoms with Gasteiger partial charge in [0.25, 0.3) is 0 Å². The smallest absolute Gasteiger partial charge is 0.221 e. The van der Waals surface area contributed by atoms with Crippen LogP contribution in [0.4, 0.5) is 0 Å². The van der Waals surface area contributed by atoms with Gasteiger partial charge in [0.05, 0.1) is 5.54 Å². The lowest BCUT2D eigenvalue weighted by Gasteiger charge is -2.27. The van der Waals surface area contributed by atoms with Crippen LogP contribution in [0.3, 0.4) is 0 Å². The Morgan fingerprint density at radius 3 is 2.89 bits per heavy atom. The molecule has 2 aromatic rings. The zero-order valence-electron chi connectivity index (χ0n) is 11.2. The van der Waals surface area contributed by atoms with Gasteiger partial charge in [-0.1, -0.05) is 6.92 Å². The summed E-state index contributed by atoms with van der Waals surface area (Å²) in [5.74, 6) is 0.0887. The maximum absolute atomic E-state index is 12.1. The molecule has 2 rings (SSSR count). The van der Waals surface area contributed by atoms with Gasteiger partial charge >= 0.3 is 0 Å². The Hall–Kier alpha value is -1.20. The zero-order chi connectivity index (χ0) is 13.7. The van der Waals surface area contributed by atoms with Gasteiger partial charge < -0.3 is 5.32 Å². The van der Waals surface area contributed by atoms with Crippen molar-refractivity contribution < 1.29 is 4.79 Å². The van der Waals surface area contributed by atoms with Crippen LogP contribution in [0.15, 0.2) is 28.4 Å². The number of thiophene rings is 1. The molecule has 102 valence electrons. The first-order valence-corrected chi connectivity index (χ1v) is 8.18. The van der Waals surface area contributed by atoms with Crippen molar-refractivity contribution in [1.82, 2.24) is 10.3 Å². The Kier molecular flexibility index (Phi) is 4.71. The van der Waals surface area contributed by atoms with Crippen molar-refractivity contribution >= 4 is 28.6 Å². The third-order valence-corrected chi connectivity index (χ3v) is 5.02. The number of nitrogens with one attached hydrogen (secondary N) is 1. The highest BCUT2D eigenvalue weighted by molar-refractivity contribution is 7.09. The molecule has 0 saturated heterocycles. The van der Waals surface area contributed by atoms with Crippen LogP contribution in [-0.4, -0.2) is 10.9 Å². The summed E-state index contributed by atoms with van der Waals surface area (Å²) >= 11 is 3.26. The van der Waals surface area contributed by atoms with Crippen LogP contribution < -0.4 is 5.32 Å². The summed E-state index contributed by atoms with van der Waals surface area (Å²) in [6.45, 7) is 4.11. The molecular weight excluding hydrogens is 276 g/mol. The molecule has 2 aromatic heterocycles. The van der Waals surface area contributed by atoms with Gasteiger partial charge in [-0.05, 0) is 42.2 Å². The number of nitrogens with zero attached hydrogens (tertiary/aromatic N) is 1. The fourth-order valence-corrected chi connectivity index (χ4v) is 3.38. The molecule has 0 saturated carbocycles. The Morgan fingerprint density at radius 1 is 1.47 bits per heavy atom. The second-order valence-corrected chi connectivity index (χ2v) is 6.38. The highest BCUT2D eigenvalue weighted by Gasteiger charge is 2.28. The Labute approximate surface area is 121 Å². The van der Waals surface area contributed by atoms with Crippen molar-refractivity contribution in [1.29, 1.82) is 0 Å². The number of rotatable bonds is 6. The SMILES string of the molecule is CCC(C)(NC(=O)CCc1ccsc1)c1nccs1. The number of carbonyl (C=O) groups is 1. The molecule has 2 heterocycles. The number of thiazole rings is 1. The van der Waals surface area contributed by atoms with Crippen LogP contribution in [0.1, 0.15) is 37.3 Å². The summed E-state index contributed by atoms with van der Waals surface area (Å²) in [4.78, 5) is 16.4. The molecule has 0 bridgehead atoms. The molecular formula is C14H18N2OS2. The topological polar surface area (TPSA) is 42.0 Å². The van der Waals surface area contributed by atoms with Crippen LogP contribution in [0.25, 0.3) is 0 Å². The Bertz CT molecular complexity index is 508. The van der Waals surface area contributed by atoms with Crippen molar-refractivity contribution in [2.24, 2.45) is 0 Å². The molecule has 0 spiro atoms. The first kappa shape index (κ1) is 14.2. The molecule has 0 aromatic carbocycles. The molecule has 1 amide bonds. The van der Waals surface area contributed by atoms with E-state index in [-0.39, 0.29) is 11.4 Å². The normalized spacial score (nSPS) is 14.0. The van der Waals surface area contributed by atoms with Crippen molar-refractivity contribution in [2.45, 2.75) is 38.6 Å². The highest BCUT2D eigenvalue weighted by Crippen LogP contribution is 2.26. The first-order valence-electron chi connectivity index (χ1n) is 6.36. The standard InChI is InChI=1S/C14H18N2OS2/c1-3-14(2,13-15-7-9-19-13)16-12(17)5-4-11-6-8-18-10-11/h6-10H,3-5H2,1-2H3,(H,16,17). The summed E-state index contributed by atoms with van der Waals surface area (Å²) < 4.78 is 0. The predicted molar refractivity (Wildman–Crippen MR) is 80.5 cm³/mol. The monoisotopic (exact) mass is 294 g/mol. The van der Waals surface area contributed by atoms with E-state index in [4.69, 9.17) is 0 Å². The fraction of sp³-hybridized carbons (Fsp3) is 0.429. The quantitative estimate of drug-likeness (QED) is 0.885. The second kappa shape index (κ2) is 6.30. The molecule has 1 atom stereocenters. The van der Waals surface area contributed by atoms with Crippen LogP contribution in [0.2, 0.25) is 0 Å². The predicted octanol–water partition coefficient (Wildman–Crippen LogP) is 3.58. The maximum Gasteiger partial charge on any atom is 0.221 e. The third-order valence-electron chi connectivity index (χ3n) is 3.25. The summed E-state index contributed by atoms with van der Waals surface area (Å²) in [5, 5.41) is 10.2. The Balaban J connectivity index is 1.93. The number of aromatic nitrogens is 1. The lowest BCUT2D eigenvalue weighted by Crippen LogP contribution is -2.43. The van der Waals surface area contributed by atoms with Gasteiger partial charge in [-0.3, -0.25) is 4.79 Å². The molecule has 1 unspecified atom stereocenters. The molecule has 0 aliphatic carbocycles. The highest BCUT2D eigenvalue weighted by atomic mass is 32.1. The number of hydrogen-bond donors (Lipinski definition) is 1. The van der Waals surface area contributed by atoms with E-state index in [1.54, 1.807) is 28.9 Å². The van der Waals surface area contributed by atoms with Crippen LogP contribution >= 0.6 is 22.7 Å². The third kappa shape index (κ3) is 3.64. The van der Waals surface area contributed by atoms with Crippen molar-refractivity contribution in [3.05, 3.63) is 39.0 Å². The van der Waals surface area contributed by atoms with Gasteiger partial charge in [-0.25, -0.2) is 4.98 Å². The fourth-order valence-electron chi connectivity index (χ4n) is 1.85. The van der Waals surface area contributed by atoms with E-state index in [0.29, 0.717) is 6.42 Å². The average molecular weight is 294 g/mol. The zero-order valence-corrected chi connectivity index (χ0v) is 12.8. The van der Waals surface area contributed by atoms with Gasteiger partial charge in [0.15, 0.2) is 0 Å². The molecule has 1 N–H and O–H groups in total. The van der Waals surface area contributed by atoms with E-state index in [1.165, 1.54) is 5.56 Å². The van der Waals surface area contributed by atoms with E-state index in [0.717, 1.165) is 17.8 Å². The van der Waals surface area contributed by atoms with E-state index < -0.39 is 0 Å². The largest absolute Gasteiger partial charge is 0.344 e. The molecule has 0 radical (unpaired) electrons. The number of carbonyl (C=O) groups excluding carboxylic acids is 1. The molecule has 3 nitrogen and oxygen atoms in total. The summed E-state index contributed by atoms with van der Waals surface area (Å²) in [5.41, 5.74) is 0.882. The molecule has 19 heavy (non-hydrogen) atoms. The van der Waals surface area contributed by atoms with Crippen LogP contribution in [0, 0.1) is 0 Å².